The Labute approximate surface area is 141 Å². The molecule has 0 radical (unpaired) electrons. The van der Waals surface area contributed by atoms with Crippen molar-refractivity contribution in [3.05, 3.63) is 34.4 Å². The van der Waals surface area contributed by atoms with E-state index in [1.807, 2.05) is 23.6 Å². The number of hydrogen-bond donors (Lipinski definition) is 0. The highest BCUT2D eigenvalue weighted by Gasteiger charge is 2.24. The van der Waals surface area contributed by atoms with Gasteiger partial charge in [-0.3, -0.25) is 4.90 Å². The Morgan fingerprint density at radius 2 is 1.52 bits per heavy atom. The minimum Gasteiger partial charge on any atom is -0.325 e. The van der Waals surface area contributed by atoms with Crippen LogP contribution >= 0.6 is 0 Å². The Bertz CT molecular complexity index is 521. The van der Waals surface area contributed by atoms with Crippen LogP contribution in [0.25, 0.3) is 0 Å². The number of rotatable bonds is 4. The molecule has 0 aromatic heterocycles. The Balaban J connectivity index is 1.94. The van der Waals surface area contributed by atoms with Gasteiger partial charge in [-0.15, -0.1) is 0 Å². The molecule has 23 heavy (non-hydrogen) atoms. The van der Waals surface area contributed by atoms with Crippen LogP contribution in [0.4, 0.5) is 4.79 Å². The van der Waals surface area contributed by atoms with E-state index >= 15 is 0 Å². The molecule has 2 rings (SSSR count). The molecule has 0 atom stereocenters. The SMILES string of the molecule is CCN(CC)C(=O)N1CCN(Cc2c(C)cc(C)cc2C)CC1. The molecule has 2 amide bonds. The molecular weight excluding hydrogens is 286 g/mol. The summed E-state index contributed by atoms with van der Waals surface area (Å²) >= 11 is 0. The van der Waals surface area contributed by atoms with Gasteiger partial charge >= 0.3 is 6.03 Å². The second-order valence-electron chi connectivity index (χ2n) is 6.60. The van der Waals surface area contributed by atoms with E-state index in [0.29, 0.717) is 0 Å². The van der Waals surface area contributed by atoms with Gasteiger partial charge in [0.25, 0.3) is 0 Å². The summed E-state index contributed by atoms with van der Waals surface area (Å²) in [5, 5.41) is 0. The van der Waals surface area contributed by atoms with Gasteiger partial charge in [-0.25, -0.2) is 4.79 Å². The van der Waals surface area contributed by atoms with E-state index < -0.39 is 0 Å². The number of hydrogen-bond acceptors (Lipinski definition) is 2. The second kappa shape index (κ2) is 7.82. The van der Waals surface area contributed by atoms with E-state index in [9.17, 15) is 4.79 Å². The average molecular weight is 317 g/mol. The molecule has 0 unspecified atom stereocenters. The van der Waals surface area contributed by atoms with Crippen LogP contribution in [0.3, 0.4) is 0 Å². The van der Waals surface area contributed by atoms with Gasteiger partial charge in [-0.1, -0.05) is 17.7 Å². The molecule has 0 N–H and O–H groups in total. The van der Waals surface area contributed by atoms with Crippen molar-refractivity contribution in [1.82, 2.24) is 14.7 Å². The molecule has 0 aliphatic carbocycles. The van der Waals surface area contributed by atoms with Gasteiger partial charge in [0.05, 0.1) is 0 Å². The lowest BCUT2D eigenvalue weighted by Gasteiger charge is -2.37. The van der Waals surface area contributed by atoms with Gasteiger partial charge in [0, 0.05) is 45.8 Å². The van der Waals surface area contributed by atoms with E-state index in [1.165, 1.54) is 22.3 Å². The highest BCUT2D eigenvalue weighted by molar-refractivity contribution is 5.74. The highest BCUT2D eigenvalue weighted by atomic mass is 16.2. The van der Waals surface area contributed by atoms with Gasteiger partial charge in [0.1, 0.15) is 0 Å². The molecule has 128 valence electrons. The van der Waals surface area contributed by atoms with Crippen LogP contribution in [0.1, 0.15) is 36.1 Å². The van der Waals surface area contributed by atoms with Crippen LogP contribution in [0, 0.1) is 20.8 Å². The number of urea groups is 1. The van der Waals surface area contributed by atoms with Gasteiger partial charge in [0.2, 0.25) is 0 Å². The fourth-order valence-corrected chi connectivity index (χ4v) is 3.47. The van der Waals surface area contributed by atoms with Crippen LogP contribution in [0.5, 0.6) is 0 Å². The first-order chi connectivity index (χ1) is 11.0. The maximum absolute atomic E-state index is 12.4. The van der Waals surface area contributed by atoms with E-state index in [0.717, 1.165) is 45.8 Å². The van der Waals surface area contributed by atoms with Crippen molar-refractivity contribution >= 4 is 6.03 Å². The van der Waals surface area contributed by atoms with E-state index in [2.05, 4.69) is 37.8 Å². The molecule has 1 fully saturated rings. The Kier molecular flexibility index (Phi) is 6.05. The van der Waals surface area contributed by atoms with Gasteiger partial charge in [0.15, 0.2) is 0 Å². The summed E-state index contributed by atoms with van der Waals surface area (Å²) in [5.74, 6) is 0. The lowest BCUT2D eigenvalue weighted by molar-refractivity contribution is 0.112. The number of nitrogens with zero attached hydrogens (tertiary/aromatic N) is 3. The van der Waals surface area contributed by atoms with Crippen LogP contribution in [-0.4, -0.2) is 60.0 Å². The molecular formula is C19H31N3O. The van der Waals surface area contributed by atoms with Crippen LogP contribution in [-0.2, 0) is 6.54 Å². The quantitative estimate of drug-likeness (QED) is 0.852. The summed E-state index contributed by atoms with van der Waals surface area (Å²) in [5.41, 5.74) is 5.53. The lowest BCUT2D eigenvalue weighted by atomic mass is 9.99. The van der Waals surface area contributed by atoms with Crippen molar-refractivity contribution in [2.24, 2.45) is 0 Å². The number of aryl methyl sites for hydroxylation is 3. The summed E-state index contributed by atoms with van der Waals surface area (Å²) in [6.45, 7) is 16.8. The summed E-state index contributed by atoms with van der Waals surface area (Å²) in [7, 11) is 0. The topological polar surface area (TPSA) is 26.8 Å². The van der Waals surface area contributed by atoms with E-state index in [1.54, 1.807) is 0 Å². The molecule has 1 aliphatic rings. The van der Waals surface area contributed by atoms with Gasteiger partial charge in [-0.2, -0.15) is 0 Å². The molecule has 0 bridgehead atoms. The fraction of sp³-hybridized carbons (Fsp3) is 0.632. The number of piperazine rings is 1. The Morgan fingerprint density at radius 3 is 2.00 bits per heavy atom. The third kappa shape index (κ3) is 4.25. The first kappa shape index (κ1) is 17.8. The molecule has 0 spiro atoms. The minimum absolute atomic E-state index is 0.192. The zero-order valence-corrected chi connectivity index (χ0v) is 15.4. The van der Waals surface area contributed by atoms with Gasteiger partial charge < -0.3 is 9.80 Å². The molecule has 1 saturated heterocycles. The second-order valence-corrected chi connectivity index (χ2v) is 6.60. The predicted molar refractivity (Wildman–Crippen MR) is 95.8 cm³/mol. The van der Waals surface area contributed by atoms with Crippen molar-refractivity contribution in [2.45, 2.75) is 41.2 Å². The number of carbonyl (C=O) groups excluding carboxylic acids is 1. The van der Waals surface area contributed by atoms with Crippen molar-refractivity contribution in [3.63, 3.8) is 0 Å². The lowest BCUT2D eigenvalue weighted by Crippen LogP contribution is -2.52. The maximum atomic E-state index is 12.4. The monoisotopic (exact) mass is 317 g/mol. The van der Waals surface area contributed by atoms with Crippen molar-refractivity contribution in [2.75, 3.05) is 39.3 Å². The van der Waals surface area contributed by atoms with Crippen molar-refractivity contribution in [3.8, 4) is 0 Å². The molecule has 1 aliphatic heterocycles. The summed E-state index contributed by atoms with van der Waals surface area (Å²) in [4.78, 5) is 18.8. The van der Waals surface area contributed by atoms with Gasteiger partial charge in [-0.05, 0) is 51.3 Å². The number of benzene rings is 1. The summed E-state index contributed by atoms with van der Waals surface area (Å²) < 4.78 is 0. The summed E-state index contributed by atoms with van der Waals surface area (Å²) in [6.07, 6.45) is 0. The zero-order chi connectivity index (χ0) is 17.0. The zero-order valence-electron chi connectivity index (χ0n) is 15.4. The molecule has 0 saturated carbocycles. The average Bonchev–Trinajstić information content (AvgIpc) is 2.52. The smallest absolute Gasteiger partial charge is 0.320 e. The molecule has 4 nitrogen and oxygen atoms in total. The van der Waals surface area contributed by atoms with E-state index in [4.69, 9.17) is 0 Å². The maximum Gasteiger partial charge on any atom is 0.320 e. The number of amides is 2. The standard InChI is InChI=1S/C19H31N3O/c1-6-21(7-2)19(23)22-10-8-20(9-11-22)14-18-16(4)12-15(3)13-17(18)5/h12-13H,6-11,14H2,1-5H3. The van der Waals surface area contributed by atoms with E-state index in [-0.39, 0.29) is 6.03 Å². The third-order valence-electron chi connectivity index (χ3n) is 4.90. The predicted octanol–water partition coefficient (Wildman–Crippen LogP) is 3.19. The molecule has 4 heteroatoms. The van der Waals surface area contributed by atoms with Crippen molar-refractivity contribution < 1.29 is 4.79 Å². The first-order valence-corrected chi connectivity index (χ1v) is 8.79. The largest absolute Gasteiger partial charge is 0.325 e. The Morgan fingerprint density at radius 1 is 1.00 bits per heavy atom. The fourth-order valence-electron chi connectivity index (χ4n) is 3.47. The first-order valence-electron chi connectivity index (χ1n) is 8.79. The van der Waals surface area contributed by atoms with Crippen LogP contribution in [0.15, 0.2) is 12.1 Å². The van der Waals surface area contributed by atoms with Crippen LogP contribution < -0.4 is 0 Å². The molecule has 1 aromatic rings. The summed E-state index contributed by atoms with van der Waals surface area (Å²) in [6, 6.07) is 4.72. The van der Waals surface area contributed by atoms with Crippen LogP contribution in [0.2, 0.25) is 0 Å². The van der Waals surface area contributed by atoms with Crippen molar-refractivity contribution in [1.29, 1.82) is 0 Å². The highest BCUT2D eigenvalue weighted by Crippen LogP contribution is 2.19. The third-order valence-corrected chi connectivity index (χ3v) is 4.90. The molecule has 1 aromatic carbocycles. The normalized spacial score (nSPS) is 15.8. The Hall–Kier alpha value is -1.55. The molecule has 1 heterocycles. The number of carbonyl (C=O) groups is 1. The minimum atomic E-state index is 0.192.